The molecule has 2 aromatic heterocycles. The summed E-state index contributed by atoms with van der Waals surface area (Å²) >= 11 is 0. The molecule has 0 spiro atoms. The normalized spacial score (nSPS) is 12.1. The first-order valence-electron chi connectivity index (χ1n) is 6.81. The Morgan fingerprint density at radius 3 is 2.83 bits per heavy atom. The summed E-state index contributed by atoms with van der Waals surface area (Å²) in [6, 6.07) is 8.81. The number of halogens is 1. The molecule has 0 radical (unpaired) electrons. The maximum atomic E-state index is 12.9. The summed E-state index contributed by atoms with van der Waals surface area (Å²) in [6.07, 6.45) is 1.79. The first-order chi connectivity index (χ1) is 11.1. The van der Waals surface area contributed by atoms with Gasteiger partial charge >= 0.3 is 0 Å². The van der Waals surface area contributed by atoms with E-state index in [4.69, 9.17) is 4.42 Å². The van der Waals surface area contributed by atoms with Crippen molar-refractivity contribution < 1.29 is 18.7 Å². The van der Waals surface area contributed by atoms with Gasteiger partial charge in [-0.1, -0.05) is 0 Å². The van der Waals surface area contributed by atoms with E-state index in [0.717, 1.165) is 0 Å². The van der Waals surface area contributed by atoms with E-state index >= 15 is 0 Å². The van der Waals surface area contributed by atoms with Crippen LogP contribution >= 0.6 is 0 Å². The van der Waals surface area contributed by atoms with Crippen LogP contribution in [0.1, 0.15) is 22.4 Å². The molecule has 0 aliphatic heterocycles. The summed E-state index contributed by atoms with van der Waals surface area (Å²) in [6.45, 7) is -0.0181. The van der Waals surface area contributed by atoms with Crippen LogP contribution in [0.25, 0.3) is 5.69 Å². The number of benzene rings is 1. The van der Waals surface area contributed by atoms with Gasteiger partial charge in [-0.2, -0.15) is 9.90 Å². The molecule has 118 valence electrons. The number of amides is 1. The highest BCUT2D eigenvalue weighted by Gasteiger charge is 2.15. The predicted molar refractivity (Wildman–Crippen MR) is 77.3 cm³/mol. The molecule has 3 aromatic rings. The Bertz CT molecular complexity index is 783. The molecule has 8 heteroatoms. The number of hydrogen-bond acceptors (Lipinski definition) is 5. The largest absolute Gasteiger partial charge is 0.467 e. The van der Waals surface area contributed by atoms with Gasteiger partial charge in [0.05, 0.1) is 24.7 Å². The minimum absolute atomic E-state index is 0.0181. The Balaban J connectivity index is 1.63. The Labute approximate surface area is 130 Å². The molecule has 1 atom stereocenters. The van der Waals surface area contributed by atoms with Crippen LogP contribution in [-0.2, 0) is 0 Å². The molecule has 1 amide bonds. The Hall–Kier alpha value is -3.00. The van der Waals surface area contributed by atoms with E-state index < -0.39 is 12.0 Å². The molecule has 0 bridgehead atoms. The molecule has 0 saturated carbocycles. The molecule has 2 heterocycles. The van der Waals surface area contributed by atoms with Gasteiger partial charge < -0.3 is 14.8 Å². The van der Waals surface area contributed by atoms with Crippen molar-refractivity contribution in [1.29, 1.82) is 0 Å². The quantitative estimate of drug-likeness (QED) is 0.743. The molecule has 7 nitrogen and oxygen atoms in total. The molecule has 3 rings (SSSR count). The fourth-order valence-electron chi connectivity index (χ4n) is 1.93. The highest BCUT2D eigenvalue weighted by atomic mass is 19.1. The van der Waals surface area contributed by atoms with Gasteiger partial charge in [-0.3, -0.25) is 4.79 Å². The number of carbonyl (C=O) groups is 1. The number of hydrogen-bond donors (Lipinski definition) is 2. The fourth-order valence-corrected chi connectivity index (χ4v) is 1.93. The monoisotopic (exact) mass is 316 g/mol. The first-order valence-corrected chi connectivity index (χ1v) is 6.81. The maximum Gasteiger partial charge on any atom is 0.273 e. The second-order valence-electron chi connectivity index (χ2n) is 4.74. The maximum absolute atomic E-state index is 12.9. The van der Waals surface area contributed by atoms with Crippen LogP contribution in [0.2, 0.25) is 0 Å². The highest BCUT2D eigenvalue weighted by molar-refractivity contribution is 5.91. The number of aliphatic hydroxyl groups is 1. The zero-order valence-corrected chi connectivity index (χ0v) is 11.9. The third-order valence-corrected chi connectivity index (χ3v) is 3.11. The molecule has 23 heavy (non-hydrogen) atoms. The second-order valence-corrected chi connectivity index (χ2v) is 4.74. The lowest BCUT2D eigenvalue weighted by Crippen LogP contribution is -2.28. The highest BCUT2D eigenvalue weighted by Crippen LogP contribution is 2.12. The van der Waals surface area contributed by atoms with Crippen LogP contribution in [-0.4, -0.2) is 32.6 Å². The number of nitrogens with one attached hydrogen (secondary N) is 1. The average molecular weight is 316 g/mol. The second kappa shape index (κ2) is 6.41. The smallest absolute Gasteiger partial charge is 0.273 e. The van der Waals surface area contributed by atoms with E-state index in [1.807, 2.05) is 0 Å². The number of carbonyl (C=O) groups excluding carboxylic acids is 1. The van der Waals surface area contributed by atoms with Crippen molar-refractivity contribution in [3.63, 3.8) is 0 Å². The van der Waals surface area contributed by atoms with E-state index in [1.165, 1.54) is 41.5 Å². The molecule has 2 N–H and O–H groups in total. The van der Waals surface area contributed by atoms with Crippen LogP contribution in [0.5, 0.6) is 0 Å². The van der Waals surface area contributed by atoms with Crippen molar-refractivity contribution in [1.82, 2.24) is 20.3 Å². The van der Waals surface area contributed by atoms with Crippen molar-refractivity contribution in [2.45, 2.75) is 6.10 Å². The van der Waals surface area contributed by atoms with Gasteiger partial charge in [-0.05, 0) is 36.4 Å². The number of rotatable bonds is 5. The van der Waals surface area contributed by atoms with Crippen molar-refractivity contribution in [2.24, 2.45) is 0 Å². The molecule has 0 aliphatic carbocycles. The van der Waals surface area contributed by atoms with Crippen LogP contribution < -0.4 is 5.32 Å². The minimum atomic E-state index is -0.943. The fraction of sp³-hybridized carbons (Fsp3) is 0.133. The molecule has 1 unspecified atom stereocenters. The first kappa shape index (κ1) is 14.9. The van der Waals surface area contributed by atoms with E-state index in [2.05, 4.69) is 15.5 Å². The van der Waals surface area contributed by atoms with E-state index in [-0.39, 0.29) is 18.1 Å². The SMILES string of the molecule is O=C(NCC(O)c1ccco1)c1cnn(-c2ccc(F)cc2)n1. The lowest BCUT2D eigenvalue weighted by Gasteiger charge is -2.08. The molecule has 0 aliphatic rings. The number of nitrogens with zero attached hydrogens (tertiary/aromatic N) is 3. The average Bonchev–Trinajstić information content (AvgIpc) is 3.24. The zero-order valence-electron chi connectivity index (χ0n) is 11.9. The van der Waals surface area contributed by atoms with Gasteiger partial charge in [0.15, 0.2) is 5.69 Å². The summed E-state index contributed by atoms with van der Waals surface area (Å²) in [4.78, 5) is 13.2. The Morgan fingerprint density at radius 2 is 2.13 bits per heavy atom. The number of furan rings is 1. The van der Waals surface area contributed by atoms with E-state index in [1.54, 1.807) is 12.1 Å². The minimum Gasteiger partial charge on any atom is -0.467 e. The van der Waals surface area contributed by atoms with Gasteiger partial charge in [-0.25, -0.2) is 4.39 Å². The molecule has 1 aromatic carbocycles. The van der Waals surface area contributed by atoms with E-state index in [9.17, 15) is 14.3 Å². The lowest BCUT2D eigenvalue weighted by molar-refractivity contribution is 0.0896. The van der Waals surface area contributed by atoms with Crippen molar-refractivity contribution in [2.75, 3.05) is 6.54 Å². The van der Waals surface area contributed by atoms with Gasteiger partial charge in [-0.15, -0.1) is 5.10 Å². The predicted octanol–water partition coefficient (Wildman–Crippen LogP) is 1.46. The molecular weight excluding hydrogens is 303 g/mol. The van der Waals surface area contributed by atoms with Crippen LogP contribution in [0.3, 0.4) is 0 Å². The summed E-state index contributed by atoms with van der Waals surface area (Å²) < 4.78 is 17.9. The third kappa shape index (κ3) is 3.43. The van der Waals surface area contributed by atoms with Crippen LogP contribution in [0.4, 0.5) is 4.39 Å². The van der Waals surface area contributed by atoms with Crippen molar-refractivity contribution in [3.8, 4) is 5.69 Å². The number of aromatic nitrogens is 3. The molecule has 0 fully saturated rings. The summed E-state index contributed by atoms with van der Waals surface area (Å²) in [5.41, 5.74) is 0.613. The molecular formula is C15H13FN4O3. The third-order valence-electron chi connectivity index (χ3n) is 3.11. The van der Waals surface area contributed by atoms with Gasteiger partial charge in [0.1, 0.15) is 17.7 Å². The summed E-state index contributed by atoms with van der Waals surface area (Å²) in [7, 11) is 0. The topological polar surface area (TPSA) is 93.2 Å². The van der Waals surface area contributed by atoms with Crippen molar-refractivity contribution >= 4 is 5.91 Å². The Kier molecular flexibility index (Phi) is 4.15. The van der Waals surface area contributed by atoms with Gasteiger partial charge in [0, 0.05) is 0 Å². The Morgan fingerprint density at radius 1 is 1.35 bits per heavy atom. The van der Waals surface area contributed by atoms with Crippen molar-refractivity contribution in [3.05, 3.63) is 66.1 Å². The molecule has 0 saturated heterocycles. The standard InChI is InChI=1S/C15H13FN4O3/c16-10-3-5-11(6-4-10)20-18-8-12(19-20)15(22)17-9-13(21)14-2-1-7-23-14/h1-8,13,21H,9H2,(H,17,22). The van der Waals surface area contributed by atoms with Gasteiger partial charge in [0.2, 0.25) is 0 Å². The van der Waals surface area contributed by atoms with Crippen LogP contribution in [0.15, 0.2) is 53.3 Å². The lowest BCUT2D eigenvalue weighted by atomic mass is 10.2. The number of aliphatic hydroxyl groups excluding tert-OH is 1. The summed E-state index contributed by atoms with van der Waals surface area (Å²) in [5.74, 6) is -0.491. The van der Waals surface area contributed by atoms with Crippen LogP contribution in [0, 0.1) is 5.82 Å². The van der Waals surface area contributed by atoms with E-state index in [0.29, 0.717) is 11.4 Å². The summed E-state index contributed by atoms with van der Waals surface area (Å²) in [5, 5.41) is 20.3. The zero-order chi connectivity index (χ0) is 16.2. The van der Waals surface area contributed by atoms with Gasteiger partial charge in [0.25, 0.3) is 5.91 Å².